The molecular formula is C18H18O2. The van der Waals surface area contributed by atoms with Crippen molar-refractivity contribution in [2.75, 3.05) is 6.61 Å². The lowest BCUT2D eigenvalue weighted by molar-refractivity contribution is 0.103. The smallest absolute Gasteiger partial charge is 0.193 e. The van der Waals surface area contributed by atoms with Gasteiger partial charge in [-0.25, -0.2) is 0 Å². The molecule has 0 radical (unpaired) electrons. The fraction of sp³-hybridized carbons (Fsp3) is 0.167. The number of carbonyl (C=O) groups excluding carboxylic acids is 1. The molecule has 0 saturated carbocycles. The van der Waals surface area contributed by atoms with Gasteiger partial charge in [0.25, 0.3) is 0 Å². The van der Waals surface area contributed by atoms with E-state index in [1.165, 1.54) is 0 Å². The van der Waals surface area contributed by atoms with E-state index >= 15 is 0 Å². The highest BCUT2D eigenvalue weighted by atomic mass is 16.5. The van der Waals surface area contributed by atoms with E-state index in [1.54, 1.807) is 12.1 Å². The number of hydrogen-bond acceptors (Lipinski definition) is 2. The van der Waals surface area contributed by atoms with Crippen molar-refractivity contribution in [3.63, 3.8) is 0 Å². The number of aryl methyl sites for hydroxylation is 2. The van der Waals surface area contributed by atoms with E-state index in [0.717, 1.165) is 16.9 Å². The molecule has 0 spiro atoms. The van der Waals surface area contributed by atoms with Gasteiger partial charge in [-0.2, -0.15) is 0 Å². The Morgan fingerprint density at radius 2 is 1.90 bits per heavy atom. The Hall–Kier alpha value is -2.35. The monoisotopic (exact) mass is 266 g/mol. The minimum atomic E-state index is 0.0343. The fourth-order valence-electron chi connectivity index (χ4n) is 2.05. The summed E-state index contributed by atoms with van der Waals surface area (Å²) in [5, 5.41) is 0. The van der Waals surface area contributed by atoms with Gasteiger partial charge in [-0.1, -0.05) is 36.4 Å². The summed E-state index contributed by atoms with van der Waals surface area (Å²) >= 11 is 0. The van der Waals surface area contributed by atoms with Crippen LogP contribution in [0.2, 0.25) is 0 Å². The fourth-order valence-corrected chi connectivity index (χ4v) is 2.05. The third-order valence-electron chi connectivity index (χ3n) is 3.07. The summed E-state index contributed by atoms with van der Waals surface area (Å²) in [6, 6.07) is 13.1. The highest BCUT2D eigenvalue weighted by Gasteiger charge is 2.10. The van der Waals surface area contributed by atoms with Gasteiger partial charge in [0.05, 0.1) is 0 Å². The summed E-state index contributed by atoms with van der Waals surface area (Å²) < 4.78 is 5.52. The van der Waals surface area contributed by atoms with Crippen LogP contribution in [0, 0.1) is 13.8 Å². The highest BCUT2D eigenvalue weighted by molar-refractivity contribution is 6.09. The molecule has 2 aromatic rings. The molecule has 0 atom stereocenters. The van der Waals surface area contributed by atoms with E-state index in [2.05, 4.69) is 6.58 Å². The lowest BCUT2D eigenvalue weighted by Crippen LogP contribution is -2.03. The second-order valence-electron chi connectivity index (χ2n) is 4.78. The van der Waals surface area contributed by atoms with Gasteiger partial charge in [-0.15, -0.1) is 0 Å². The van der Waals surface area contributed by atoms with E-state index in [0.29, 0.717) is 17.7 Å². The van der Waals surface area contributed by atoms with Gasteiger partial charge in [-0.05, 0) is 43.7 Å². The van der Waals surface area contributed by atoms with Crippen molar-refractivity contribution < 1.29 is 9.53 Å². The van der Waals surface area contributed by atoms with Gasteiger partial charge < -0.3 is 4.74 Å². The number of ketones is 1. The zero-order valence-corrected chi connectivity index (χ0v) is 11.8. The van der Waals surface area contributed by atoms with Crippen LogP contribution in [0.25, 0.3) is 0 Å². The van der Waals surface area contributed by atoms with Gasteiger partial charge in [0.1, 0.15) is 12.4 Å². The Labute approximate surface area is 119 Å². The third kappa shape index (κ3) is 3.15. The molecule has 0 aromatic heterocycles. The highest BCUT2D eigenvalue weighted by Crippen LogP contribution is 2.21. The summed E-state index contributed by atoms with van der Waals surface area (Å²) in [4.78, 5) is 12.4. The first kappa shape index (κ1) is 14.1. The number of rotatable bonds is 5. The van der Waals surface area contributed by atoms with Crippen LogP contribution in [0.5, 0.6) is 5.75 Å². The summed E-state index contributed by atoms with van der Waals surface area (Å²) in [7, 11) is 0. The molecule has 2 aromatic carbocycles. The van der Waals surface area contributed by atoms with Crippen LogP contribution in [0.3, 0.4) is 0 Å². The Morgan fingerprint density at radius 3 is 2.55 bits per heavy atom. The summed E-state index contributed by atoms with van der Waals surface area (Å²) in [5.74, 6) is 0.817. The molecule has 0 aliphatic carbocycles. The van der Waals surface area contributed by atoms with Crippen LogP contribution >= 0.6 is 0 Å². The minimum absolute atomic E-state index is 0.0343. The first-order valence-electron chi connectivity index (χ1n) is 6.57. The predicted octanol–water partition coefficient (Wildman–Crippen LogP) is 4.10. The number of benzene rings is 2. The molecule has 0 aliphatic rings. The third-order valence-corrected chi connectivity index (χ3v) is 3.07. The zero-order valence-electron chi connectivity index (χ0n) is 11.8. The molecule has 0 bridgehead atoms. The summed E-state index contributed by atoms with van der Waals surface area (Å²) in [6.45, 7) is 8.00. The maximum atomic E-state index is 12.4. The average molecular weight is 266 g/mol. The first-order valence-corrected chi connectivity index (χ1v) is 6.57. The lowest BCUT2D eigenvalue weighted by Gasteiger charge is -2.09. The normalized spacial score (nSPS) is 10.1. The van der Waals surface area contributed by atoms with Crippen LogP contribution < -0.4 is 4.74 Å². The SMILES string of the molecule is C=CCOc1ccc(C(=O)c2cccc(C)c2)cc1C. The molecule has 0 N–H and O–H groups in total. The van der Waals surface area contributed by atoms with Gasteiger partial charge >= 0.3 is 0 Å². The van der Waals surface area contributed by atoms with E-state index < -0.39 is 0 Å². The quantitative estimate of drug-likeness (QED) is 0.601. The van der Waals surface area contributed by atoms with Crippen LogP contribution in [0.4, 0.5) is 0 Å². The topological polar surface area (TPSA) is 26.3 Å². The Bertz CT molecular complexity index is 642. The lowest BCUT2D eigenvalue weighted by atomic mass is 10.00. The number of ether oxygens (including phenoxy) is 1. The zero-order chi connectivity index (χ0) is 14.5. The molecule has 0 heterocycles. The van der Waals surface area contributed by atoms with Crippen LogP contribution in [-0.2, 0) is 0 Å². The Morgan fingerprint density at radius 1 is 1.15 bits per heavy atom. The van der Waals surface area contributed by atoms with Gasteiger partial charge in [0, 0.05) is 11.1 Å². The number of hydrogen-bond donors (Lipinski definition) is 0. The van der Waals surface area contributed by atoms with Gasteiger partial charge in [-0.3, -0.25) is 4.79 Å². The van der Waals surface area contributed by atoms with Crippen molar-refractivity contribution in [1.82, 2.24) is 0 Å². The molecule has 0 saturated heterocycles. The second kappa shape index (κ2) is 6.20. The Kier molecular flexibility index (Phi) is 4.36. The van der Waals surface area contributed by atoms with Crippen LogP contribution in [0.15, 0.2) is 55.1 Å². The van der Waals surface area contributed by atoms with Crippen molar-refractivity contribution in [3.05, 3.63) is 77.4 Å². The largest absolute Gasteiger partial charge is 0.489 e. The molecule has 0 aliphatic heterocycles. The van der Waals surface area contributed by atoms with Crippen LogP contribution in [0.1, 0.15) is 27.0 Å². The van der Waals surface area contributed by atoms with Crippen molar-refractivity contribution in [1.29, 1.82) is 0 Å². The average Bonchev–Trinajstić information content (AvgIpc) is 2.45. The van der Waals surface area contributed by atoms with Crippen molar-refractivity contribution in [2.24, 2.45) is 0 Å². The van der Waals surface area contributed by atoms with E-state index in [1.807, 2.05) is 50.2 Å². The van der Waals surface area contributed by atoms with E-state index in [9.17, 15) is 4.79 Å². The summed E-state index contributed by atoms with van der Waals surface area (Å²) in [6.07, 6.45) is 1.70. The van der Waals surface area contributed by atoms with Crippen molar-refractivity contribution in [2.45, 2.75) is 13.8 Å². The second-order valence-corrected chi connectivity index (χ2v) is 4.78. The van der Waals surface area contributed by atoms with Crippen LogP contribution in [-0.4, -0.2) is 12.4 Å². The molecule has 2 nitrogen and oxygen atoms in total. The molecule has 2 rings (SSSR count). The summed E-state index contributed by atoms with van der Waals surface area (Å²) in [5.41, 5.74) is 3.42. The molecule has 0 fully saturated rings. The minimum Gasteiger partial charge on any atom is -0.489 e. The molecular weight excluding hydrogens is 248 g/mol. The van der Waals surface area contributed by atoms with Crippen molar-refractivity contribution >= 4 is 5.78 Å². The number of carbonyl (C=O) groups is 1. The first-order chi connectivity index (χ1) is 9.61. The van der Waals surface area contributed by atoms with E-state index in [-0.39, 0.29) is 5.78 Å². The molecule has 102 valence electrons. The molecule has 2 heteroatoms. The molecule has 20 heavy (non-hydrogen) atoms. The molecule has 0 amide bonds. The van der Waals surface area contributed by atoms with Gasteiger partial charge in [0.2, 0.25) is 0 Å². The molecule has 0 unspecified atom stereocenters. The Balaban J connectivity index is 2.27. The predicted molar refractivity (Wildman–Crippen MR) is 81.5 cm³/mol. The maximum absolute atomic E-state index is 12.4. The van der Waals surface area contributed by atoms with Gasteiger partial charge in [0.15, 0.2) is 5.78 Å². The van der Waals surface area contributed by atoms with E-state index in [4.69, 9.17) is 4.74 Å². The maximum Gasteiger partial charge on any atom is 0.193 e. The standard InChI is InChI=1S/C18H18O2/c1-4-10-20-17-9-8-16(12-14(17)3)18(19)15-7-5-6-13(2)11-15/h4-9,11-12H,1,10H2,2-3H3. The van der Waals surface area contributed by atoms with Crippen molar-refractivity contribution in [3.8, 4) is 5.75 Å².